The largest absolute Gasteiger partial charge is 0.497 e. The van der Waals surface area contributed by atoms with Crippen molar-refractivity contribution in [2.75, 3.05) is 7.11 Å². The Hall–Kier alpha value is -3.05. The highest BCUT2D eigenvalue weighted by molar-refractivity contribution is 6.33. The van der Waals surface area contributed by atoms with E-state index in [1.807, 2.05) is 30.3 Å². The van der Waals surface area contributed by atoms with Crippen LogP contribution in [-0.4, -0.2) is 23.7 Å². The Balaban J connectivity index is 1.74. The average Bonchev–Trinajstić information content (AvgIpc) is 3.37. The van der Waals surface area contributed by atoms with Gasteiger partial charge in [-0.2, -0.15) is 5.10 Å². The Bertz CT molecular complexity index is 998. The summed E-state index contributed by atoms with van der Waals surface area (Å²) in [6, 6.07) is 17.9. The Morgan fingerprint density at radius 1 is 1.19 bits per heavy atom. The van der Waals surface area contributed by atoms with Gasteiger partial charge < -0.3 is 9.15 Å². The van der Waals surface area contributed by atoms with E-state index in [1.54, 1.807) is 43.7 Å². The quantitative estimate of drug-likeness (QED) is 0.644. The van der Waals surface area contributed by atoms with Crippen LogP contribution in [-0.2, 0) is 0 Å². The molecule has 0 radical (unpaired) electrons. The maximum absolute atomic E-state index is 13.1. The summed E-state index contributed by atoms with van der Waals surface area (Å²) < 4.78 is 10.9. The van der Waals surface area contributed by atoms with Crippen molar-refractivity contribution >= 4 is 23.2 Å². The molecule has 1 atom stereocenters. The van der Waals surface area contributed by atoms with Crippen LogP contribution in [0.15, 0.2) is 76.4 Å². The zero-order valence-corrected chi connectivity index (χ0v) is 15.4. The summed E-state index contributed by atoms with van der Waals surface area (Å²) >= 11 is 6.23. The van der Waals surface area contributed by atoms with E-state index in [4.69, 9.17) is 20.8 Å². The Kier molecular flexibility index (Phi) is 4.69. The molecule has 4 rings (SSSR count). The molecule has 0 unspecified atom stereocenters. The molecule has 5 nitrogen and oxygen atoms in total. The van der Waals surface area contributed by atoms with Gasteiger partial charge in [0.05, 0.1) is 29.7 Å². The van der Waals surface area contributed by atoms with Gasteiger partial charge in [0.25, 0.3) is 5.91 Å². The number of hydrogen-bond donors (Lipinski definition) is 0. The van der Waals surface area contributed by atoms with Gasteiger partial charge in [0.2, 0.25) is 0 Å². The lowest BCUT2D eigenvalue weighted by Gasteiger charge is -2.20. The molecule has 0 spiro atoms. The van der Waals surface area contributed by atoms with E-state index in [2.05, 4.69) is 5.10 Å². The number of carbonyl (C=O) groups excluding carboxylic acids is 1. The van der Waals surface area contributed by atoms with Gasteiger partial charge in [-0.15, -0.1) is 0 Å². The van der Waals surface area contributed by atoms with Crippen molar-refractivity contribution in [2.45, 2.75) is 12.5 Å². The summed E-state index contributed by atoms with van der Waals surface area (Å²) in [6.45, 7) is 0. The minimum absolute atomic E-state index is 0.264. The summed E-state index contributed by atoms with van der Waals surface area (Å²) in [5, 5.41) is 6.46. The van der Waals surface area contributed by atoms with Crippen molar-refractivity contribution < 1.29 is 13.9 Å². The zero-order valence-electron chi connectivity index (χ0n) is 14.6. The minimum atomic E-state index is -0.329. The van der Waals surface area contributed by atoms with E-state index < -0.39 is 0 Å². The fraction of sp³-hybridized carbons (Fsp3) is 0.143. The summed E-state index contributed by atoms with van der Waals surface area (Å²) in [5.74, 6) is 1.15. The topological polar surface area (TPSA) is 55.0 Å². The average molecular weight is 381 g/mol. The first-order valence-corrected chi connectivity index (χ1v) is 8.88. The minimum Gasteiger partial charge on any atom is -0.497 e. The van der Waals surface area contributed by atoms with Crippen LogP contribution in [0, 0.1) is 0 Å². The molecule has 0 aliphatic carbocycles. The number of hydrazone groups is 1. The first kappa shape index (κ1) is 17.4. The van der Waals surface area contributed by atoms with Crippen LogP contribution in [0.2, 0.25) is 5.02 Å². The number of nitrogens with zero attached hydrogens (tertiary/aromatic N) is 2. The molecule has 2 aromatic carbocycles. The lowest BCUT2D eigenvalue weighted by molar-refractivity contribution is 0.0693. The molecular formula is C21H17ClN2O3. The van der Waals surface area contributed by atoms with Gasteiger partial charge in [0.15, 0.2) is 0 Å². The second-order valence-electron chi connectivity index (χ2n) is 6.14. The van der Waals surface area contributed by atoms with Gasteiger partial charge in [-0.1, -0.05) is 35.9 Å². The summed E-state index contributed by atoms with van der Waals surface area (Å²) in [7, 11) is 1.62. The number of rotatable bonds is 4. The lowest BCUT2D eigenvalue weighted by Crippen LogP contribution is -2.27. The SMILES string of the molecule is COc1cccc(C2=NN(C(=O)c3ccccc3Cl)[C@@H](c3ccco3)C2)c1. The van der Waals surface area contributed by atoms with E-state index in [1.165, 1.54) is 5.01 Å². The van der Waals surface area contributed by atoms with Crippen molar-refractivity contribution in [3.8, 4) is 5.75 Å². The highest BCUT2D eigenvalue weighted by Crippen LogP contribution is 2.35. The lowest BCUT2D eigenvalue weighted by atomic mass is 10.0. The molecular weight excluding hydrogens is 364 g/mol. The van der Waals surface area contributed by atoms with Crippen molar-refractivity contribution in [3.05, 3.63) is 88.8 Å². The maximum atomic E-state index is 13.1. The third-order valence-electron chi connectivity index (χ3n) is 4.50. The van der Waals surface area contributed by atoms with Crippen molar-refractivity contribution in [1.29, 1.82) is 0 Å². The van der Waals surface area contributed by atoms with E-state index in [0.717, 1.165) is 17.0 Å². The Labute approximate surface area is 161 Å². The van der Waals surface area contributed by atoms with Crippen LogP contribution in [0.3, 0.4) is 0 Å². The highest BCUT2D eigenvalue weighted by atomic mass is 35.5. The van der Waals surface area contributed by atoms with Gasteiger partial charge in [-0.25, -0.2) is 5.01 Å². The highest BCUT2D eigenvalue weighted by Gasteiger charge is 2.36. The van der Waals surface area contributed by atoms with Crippen LogP contribution < -0.4 is 4.74 Å². The molecule has 136 valence electrons. The van der Waals surface area contributed by atoms with Crippen LogP contribution in [0.4, 0.5) is 0 Å². The molecule has 1 amide bonds. The van der Waals surface area contributed by atoms with E-state index in [0.29, 0.717) is 22.8 Å². The molecule has 0 fully saturated rings. The molecule has 2 heterocycles. The molecule has 1 aliphatic rings. The predicted molar refractivity (Wildman–Crippen MR) is 103 cm³/mol. The Morgan fingerprint density at radius 2 is 2.04 bits per heavy atom. The first-order valence-electron chi connectivity index (χ1n) is 8.51. The number of carbonyl (C=O) groups is 1. The molecule has 6 heteroatoms. The van der Waals surface area contributed by atoms with Gasteiger partial charge in [0.1, 0.15) is 17.6 Å². The third kappa shape index (κ3) is 3.34. The number of methoxy groups -OCH3 is 1. The molecule has 0 N–H and O–H groups in total. The van der Waals surface area contributed by atoms with E-state index >= 15 is 0 Å². The normalized spacial score (nSPS) is 16.3. The van der Waals surface area contributed by atoms with Crippen molar-refractivity contribution in [1.82, 2.24) is 5.01 Å². The second kappa shape index (κ2) is 7.29. The predicted octanol–water partition coefficient (Wildman–Crippen LogP) is 4.93. The monoisotopic (exact) mass is 380 g/mol. The molecule has 3 aromatic rings. The number of benzene rings is 2. The fourth-order valence-electron chi connectivity index (χ4n) is 3.14. The standard InChI is InChI=1S/C21H17ClN2O3/c1-26-15-7-4-6-14(12-15)18-13-19(20-10-5-11-27-20)24(23-18)21(25)16-8-2-3-9-17(16)22/h2-12,19H,13H2,1H3/t19-/m1/s1. The maximum Gasteiger partial charge on any atom is 0.276 e. The number of furan rings is 1. The molecule has 0 saturated heterocycles. The zero-order chi connectivity index (χ0) is 18.8. The smallest absolute Gasteiger partial charge is 0.276 e. The number of amides is 1. The van der Waals surface area contributed by atoms with Crippen molar-refractivity contribution in [2.24, 2.45) is 5.10 Å². The molecule has 1 aromatic heterocycles. The molecule has 0 bridgehead atoms. The van der Waals surface area contributed by atoms with Crippen LogP contribution in [0.1, 0.15) is 34.1 Å². The molecule has 1 aliphatic heterocycles. The molecule has 27 heavy (non-hydrogen) atoms. The number of hydrogen-bond acceptors (Lipinski definition) is 4. The molecule has 0 saturated carbocycles. The fourth-order valence-corrected chi connectivity index (χ4v) is 3.35. The van der Waals surface area contributed by atoms with Gasteiger partial charge in [-0.05, 0) is 36.4 Å². The van der Waals surface area contributed by atoms with Crippen LogP contribution >= 0.6 is 11.6 Å². The Morgan fingerprint density at radius 3 is 2.78 bits per heavy atom. The summed E-state index contributed by atoms with van der Waals surface area (Å²) in [5.41, 5.74) is 2.10. The van der Waals surface area contributed by atoms with Crippen molar-refractivity contribution in [3.63, 3.8) is 0 Å². The summed E-state index contributed by atoms with van der Waals surface area (Å²) in [6.07, 6.45) is 2.13. The van der Waals surface area contributed by atoms with Gasteiger partial charge in [0, 0.05) is 12.0 Å². The van der Waals surface area contributed by atoms with E-state index in [-0.39, 0.29) is 11.9 Å². The summed E-state index contributed by atoms with van der Waals surface area (Å²) in [4.78, 5) is 13.1. The van der Waals surface area contributed by atoms with Crippen LogP contribution in [0.5, 0.6) is 5.75 Å². The van der Waals surface area contributed by atoms with E-state index in [9.17, 15) is 4.79 Å². The number of halogens is 1. The first-order chi connectivity index (χ1) is 13.2. The van der Waals surface area contributed by atoms with Gasteiger partial charge >= 0.3 is 0 Å². The van der Waals surface area contributed by atoms with Gasteiger partial charge in [-0.3, -0.25) is 4.79 Å². The third-order valence-corrected chi connectivity index (χ3v) is 4.83. The second-order valence-corrected chi connectivity index (χ2v) is 6.55. The van der Waals surface area contributed by atoms with Crippen LogP contribution in [0.25, 0.3) is 0 Å². The number of ether oxygens (including phenoxy) is 1.